The van der Waals surface area contributed by atoms with Crippen molar-refractivity contribution in [1.82, 2.24) is 4.90 Å². The standard InChI is InChI=1S/C14H17BrN2O3/c1-9-2-3-11(15)8-12(9)16-14(20)17-6-4-10(5-7-17)13(18)19/h2-3,8,10H,4-7H2,1H3,(H,16,20)(H,18,19). The van der Waals surface area contributed by atoms with Crippen LogP contribution in [0.15, 0.2) is 22.7 Å². The van der Waals surface area contributed by atoms with Gasteiger partial charge in [0.15, 0.2) is 0 Å². The lowest BCUT2D eigenvalue weighted by Gasteiger charge is -2.30. The van der Waals surface area contributed by atoms with E-state index in [0.29, 0.717) is 25.9 Å². The minimum absolute atomic E-state index is 0.171. The minimum Gasteiger partial charge on any atom is -0.481 e. The number of hydrogen-bond acceptors (Lipinski definition) is 2. The maximum absolute atomic E-state index is 12.2. The number of nitrogens with one attached hydrogen (secondary N) is 1. The largest absolute Gasteiger partial charge is 0.481 e. The molecule has 2 rings (SSSR count). The van der Waals surface area contributed by atoms with Gasteiger partial charge in [0.2, 0.25) is 0 Å². The molecule has 1 aliphatic rings. The molecular formula is C14H17BrN2O3. The second-order valence-corrected chi connectivity index (χ2v) is 5.90. The van der Waals surface area contributed by atoms with E-state index in [-0.39, 0.29) is 11.9 Å². The van der Waals surface area contributed by atoms with Crippen molar-refractivity contribution >= 4 is 33.6 Å². The lowest BCUT2D eigenvalue weighted by atomic mass is 9.97. The number of anilines is 1. The molecule has 1 saturated heterocycles. The van der Waals surface area contributed by atoms with Crippen LogP contribution in [0.1, 0.15) is 18.4 Å². The zero-order chi connectivity index (χ0) is 14.7. The number of carboxylic acid groups (broad SMARTS) is 1. The van der Waals surface area contributed by atoms with Crippen LogP contribution in [0.2, 0.25) is 0 Å². The van der Waals surface area contributed by atoms with Crippen molar-refractivity contribution in [3.05, 3.63) is 28.2 Å². The van der Waals surface area contributed by atoms with Crippen LogP contribution < -0.4 is 5.32 Å². The zero-order valence-electron chi connectivity index (χ0n) is 11.2. The molecule has 1 aromatic rings. The van der Waals surface area contributed by atoms with Gasteiger partial charge in [0, 0.05) is 23.2 Å². The number of likely N-dealkylation sites (tertiary alicyclic amines) is 1. The molecule has 1 fully saturated rings. The van der Waals surface area contributed by atoms with Crippen molar-refractivity contribution < 1.29 is 14.7 Å². The molecule has 1 aliphatic heterocycles. The quantitative estimate of drug-likeness (QED) is 0.869. The topological polar surface area (TPSA) is 69.6 Å². The first kappa shape index (κ1) is 14.8. The summed E-state index contributed by atoms with van der Waals surface area (Å²) < 4.78 is 0.906. The second kappa shape index (κ2) is 6.26. The zero-order valence-corrected chi connectivity index (χ0v) is 12.8. The predicted molar refractivity (Wildman–Crippen MR) is 79.8 cm³/mol. The normalized spacial score (nSPS) is 16.0. The highest BCUT2D eigenvalue weighted by Gasteiger charge is 2.27. The number of carbonyl (C=O) groups excluding carboxylic acids is 1. The molecule has 0 aliphatic carbocycles. The Bertz CT molecular complexity index is 525. The number of urea groups is 1. The molecule has 0 atom stereocenters. The van der Waals surface area contributed by atoms with Gasteiger partial charge in [0.25, 0.3) is 0 Å². The monoisotopic (exact) mass is 340 g/mol. The van der Waals surface area contributed by atoms with Crippen LogP contribution in [0.5, 0.6) is 0 Å². The summed E-state index contributed by atoms with van der Waals surface area (Å²) in [7, 11) is 0. The van der Waals surface area contributed by atoms with Crippen molar-refractivity contribution in [2.75, 3.05) is 18.4 Å². The molecule has 0 spiro atoms. The molecule has 1 aromatic carbocycles. The maximum Gasteiger partial charge on any atom is 0.321 e. The maximum atomic E-state index is 12.2. The fourth-order valence-electron chi connectivity index (χ4n) is 2.25. The number of halogens is 1. The number of hydrogen-bond donors (Lipinski definition) is 2. The minimum atomic E-state index is -0.770. The van der Waals surface area contributed by atoms with E-state index in [1.54, 1.807) is 4.90 Å². The first-order valence-corrected chi connectivity index (χ1v) is 7.31. The van der Waals surface area contributed by atoms with E-state index in [1.165, 1.54) is 0 Å². The highest BCUT2D eigenvalue weighted by molar-refractivity contribution is 9.10. The van der Waals surface area contributed by atoms with Crippen molar-refractivity contribution in [3.8, 4) is 0 Å². The summed E-state index contributed by atoms with van der Waals surface area (Å²) in [5.41, 5.74) is 1.76. The van der Waals surface area contributed by atoms with Gasteiger partial charge in [-0.25, -0.2) is 4.79 Å². The molecule has 0 bridgehead atoms. The number of nitrogens with zero attached hydrogens (tertiary/aromatic N) is 1. The van der Waals surface area contributed by atoms with E-state index < -0.39 is 5.97 Å². The van der Waals surface area contributed by atoms with Crippen LogP contribution in [0, 0.1) is 12.8 Å². The van der Waals surface area contributed by atoms with Crippen LogP contribution in [0.4, 0.5) is 10.5 Å². The van der Waals surface area contributed by atoms with Gasteiger partial charge in [0.1, 0.15) is 0 Å². The first-order chi connectivity index (χ1) is 9.47. The lowest BCUT2D eigenvalue weighted by Crippen LogP contribution is -2.42. The summed E-state index contributed by atoms with van der Waals surface area (Å²) in [5, 5.41) is 11.8. The molecule has 6 heteroatoms. The molecule has 2 amide bonds. The molecule has 0 unspecified atom stereocenters. The molecule has 108 valence electrons. The van der Waals surface area contributed by atoms with Gasteiger partial charge < -0.3 is 15.3 Å². The summed E-state index contributed by atoms with van der Waals surface area (Å²) in [6.07, 6.45) is 1.03. The van der Waals surface area contributed by atoms with Crippen LogP contribution in [0.25, 0.3) is 0 Å². The first-order valence-electron chi connectivity index (χ1n) is 6.52. The highest BCUT2D eigenvalue weighted by Crippen LogP contribution is 2.22. The number of benzene rings is 1. The van der Waals surface area contributed by atoms with Gasteiger partial charge in [0.05, 0.1) is 5.92 Å². The van der Waals surface area contributed by atoms with E-state index in [4.69, 9.17) is 5.11 Å². The molecule has 0 saturated carbocycles. The van der Waals surface area contributed by atoms with Crippen molar-refractivity contribution in [1.29, 1.82) is 0 Å². The van der Waals surface area contributed by atoms with E-state index in [2.05, 4.69) is 21.2 Å². The number of amides is 2. The van der Waals surface area contributed by atoms with E-state index in [1.807, 2.05) is 25.1 Å². The molecule has 2 N–H and O–H groups in total. The number of carboxylic acids is 1. The highest BCUT2D eigenvalue weighted by atomic mass is 79.9. The van der Waals surface area contributed by atoms with E-state index in [0.717, 1.165) is 15.7 Å². The molecular weight excluding hydrogens is 324 g/mol. The fourth-order valence-corrected chi connectivity index (χ4v) is 2.61. The molecule has 1 heterocycles. The Morgan fingerprint density at radius 2 is 2.00 bits per heavy atom. The molecule has 5 nitrogen and oxygen atoms in total. The second-order valence-electron chi connectivity index (χ2n) is 4.99. The number of aliphatic carboxylic acids is 1. The summed E-state index contributed by atoms with van der Waals surface area (Å²) in [6.45, 7) is 2.89. The third-order valence-electron chi connectivity index (χ3n) is 3.57. The van der Waals surface area contributed by atoms with Crippen LogP contribution >= 0.6 is 15.9 Å². The van der Waals surface area contributed by atoms with Gasteiger partial charge in [-0.1, -0.05) is 22.0 Å². The number of carbonyl (C=O) groups is 2. The number of rotatable bonds is 2. The summed E-state index contributed by atoms with van der Waals surface area (Å²) >= 11 is 3.38. The Labute approximate surface area is 126 Å². The van der Waals surface area contributed by atoms with Gasteiger partial charge in [-0.3, -0.25) is 4.79 Å². The Kier molecular flexibility index (Phi) is 4.65. The smallest absolute Gasteiger partial charge is 0.321 e. The SMILES string of the molecule is Cc1ccc(Br)cc1NC(=O)N1CCC(C(=O)O)CC1. The Balaban J connectivity index is 1.96. The molecule has 20 heavy (non-hydrogen) atoms. The van der Waals surface area contributed by atoms with E-state index in [9.17, 15) is 9.59 Å². The van der Waals surface area contributed by atoms with Gasteiger partial charge in [-0.2, -0.15) is 0 Å². The van der Waals surface area contributed by atoms with E-state index >= 15 is 0 Å². The third kappa shape index (κ3) is 3.50. The van der Waals surface area contributed by atoms with Crippen molar-refractivity contribution in [2.45, 2.75) is 19.8 Å². The number of aryl methyl sites for hydroxylation is 1. The average molecular weight is 341 g/mol. The predicted octanol–water partition coefficient (Wildman–Crippen LogP) is 3.09. The summed E-state index contributed by atoms with van der Waals surface area (Å²) in [6, 6.07) is 5.53. The molecule has 0 aromatic heterocycles. The third-order valence-corrected chi connectivity index (χ3v) is 4.07. The van der Waals surface area contributed by atoms with Crippen molar-refractivity contribution in [2.24, 2.45) is 5.92 Å². The Morgan fingerprint density at radius 1 is 1.35 bits per heavy atom. The average Bonchev–Trinajstić information content (AvgIpc) is 2.43. The summed E-state index contributed by atoms with van der Waals surface area (Å²) in [5.74, 6) is -1.10. The Hall–Kier alpha value is -1.56. The van der Waals surface area contributed by atoms with Gasteiger partial charge in [-0.15, -0.1) is 0 Å². The molecule has 0 radical (unpaired) electrons. The van der Waals surface area contributed by atoms with Gasteiger partial charge in [-0.05, 0) is 37.5 Å². The van der Waals surface area contributed by atoms with Crippen LogP contribution in [0.3, 0.4) is 0 Å². The Morgan fingerprint density at radius 3 is 2.60 bits per heavy atom. The lowest BCUT2D eigenvalue weighted by molar-refractivity contribution is -0.143. The van der Waals surface area contributed by atoms with Gasteiger partial charge >= 0.3 is 12.0 Å². The van der Waals surface area contributed by atoms with Crippen LogP contribution in [-0.4, -0.2) is 35.1 Å². The van der Waals surface area contributed by atoms with Crippen molar-refractivity contribution in [3.63, 3.8) is 0 Å². The fraction of sp³-hybridized carbons (Fsp3) is 0.429. The van der Waals surface area contributed by atoms with Crippen LogP contribution in [-0.2, 0) is 4.79 Å². The summed E-state index contributed by atoms with van der Waals surface area (Å²) in [4.78, 5) is 24.7. The number of piperidine rings is 1.